The second-order valence-corrected chi connectivity index (χ2v) is 9.25. The molecule has 0 aliphatic carbocycles. The van der Waals surface area contributed by atoms with Gasteiger partial charge in [0.05, 0.1) is 33.5 Å². The molecule has 6 aromatic heterocycles. The van der Waals surface area contributed by atoms with Gasteiger partial charge < -0.3 is 0 Å². The first-order valence-corrected chi connectivity index (χ1v) is 12.5. The van der Waals surface area contributed by atoms with Crippen LogP contribution in [0.1, 0.15) is 0 Å². The van der Waals surface area contributed by atoms with E-state index < -0.39 is 0 Å². The van der Waals surface area contributed by atoms with E-state index in [1.807, 2.05) is 73.3 Å². The van der Waals surface area contributed by atoms with E-state index in [0.29, 0.717) is 0 Å². The Morgan fingerprint density at radius 1 is 0.395 bits per heavy atom. The molecule has 0 saturated heterocycles. The maximum absolute atomic E-state index is 5.09. The molecule has 8 rings (SSSR count). The molecule has 178 valence electrons. The predicted octanol–water partition coefficient (Wildman–Crippen LogP) is 7.13. The van der Waals surface area contributed by atoms with Crippen molar-refractivity contribution < 1.29 is 0 Å². The molecule has 0 bridgehead atoms. The Kier molecular flexibility index (Phi) is 4.42. The number of benzene rings is 2. The lowest BCUT2D eigenvalue weighted by molar-refractivity contribution is 1.05. The average Bonchev–Trinajstić information content (AvgIpc) is 3.51. The molecule has 0 fully saturated rings. The standard InChI is InChI=1S/C32H20N6/c1-3-11-27-21(7-1)23-19-33-17-15-29(23)37(27)31-13-5-9-25(35-31)26-10-6-14-32(36-26)38-28-12-4-2-8-22(28)24-20-34-18-16-30(24)38/h1-20H. The van der Waals surface area contributed by atoms with Crippen LogP contribution in [0.4, 0.5) is 0 Å². The molecule has 0 radical (unpaired) electrons. The van der Waals surface area contributed by atoms with Crippen molar-refractivity contribution in [2.45, 2.75) is 0 Å². The van der Waals surface area contributed by atoms with Crippen LogP contribution in [0.2, 0.25) is 0 Å². The highest BCUT2D eigenvalue weighted by atomic mass is 15.1. The molecule has 0 unspecified atom stereocenters. The van der Waals surface area contributed by atoms with Gasteiger partial charge in [0.1, 0.15) is 11.6 Å². The molecule has 0 amide bonds. The van der Waals surface area contributed by atoms with E-state index in [4.69, 9.17) is 9.97 Å². The van der Waals surface area contributed by atoms with E-state index in [-0.39, 0.29) is 0 Å². The summed E-state index contributed by atoms with van der Waals surface area (Å²) in [6, 6.07) is 33.0. The zero-order valence-corrected chi connectivity index (χ0v) is 20.2. The topological polar surface area (TPSA) is 61.4 Å². The fraction of sp³-hybridized carbons (Fsp3) is 0. The maximum Gasteiger partial charge on any atom is 0.138 e. The molecule has 2 aromatic carbocycles. The second kappa shape index (κ2) is 8.08. The first-order chi connectivity index (χ1) is 18.9. The van der Waals surface area contributed by atoms with Crippen LogP contribution in [0.25, 0.3) is 66.6 Å². The molecular weight excluding hydrogens is 468 g/mol. The lowest BCUT2D eigenvalue weighted by Crippen LogP contribution is -2.01. The predicted molar refractivity (Wildman–Crippen MR) is 152 cm³/mol. The summed E-state index contributed by atoms with van der Waals surface area (Å²) in [5.41, 5.74) is 5.97. The van der Waals surface area contributed by atoms with Crippen LogP contribution < -0.4 is 0 Å². The molecule has 0 aliphatic heterocycles. The van der Waals surface area contributed by atoms with E-state index in [2.05, 4.69) is 67.6 Å². The zero-order chi connectivity index (χ0) is 25.1. The normalized spacial score (nSPS) is 11.7. The average molecular weight is 489 g/mol. The van der Waals surface area contributed by atoms with Crippen molar-refractivity contribution in [1.29, 1.82) is 0 Å². The first kappa shape index (κ1) is 20.8. The Labute approximate surface area is 217 Å². The monoisotopic (exact) mass is 488 g/mol. The van der Waals surface area contributed by atoms with Crippen molar-refractivity contribution >= 4 is 43.6 Å². The number of nitrogens with zero attached hydrogens (tertiary/aromatic N) is 6. The maximum atomic E-state index is 5.09. The van der Waals surface area contributed by atoms with Crippen LogP contribution in [-0.4, -0.2) is 29.1 Å². The number of para-hydroxylation sites is 2. The Morgan fingerprint density at radius 2 is 0.842 bits per heavy atom. The van der Waals surface area contributed by atoms with Crippen LogP contribution in [-0.2, 0) is 0 Å². The summed E-state index contributed by atoms with van der Waals surface area (Å²) in [6.45, 7) is 0. The van der Waals surface area contributed by atoms with Crippen LogP contribution >= 0.6 is 0 Å². The van der Waals surface area contributed by atoms with E-state index >= 15 is 0 Å². The Hall–Kier alpha value is -5.36. The summed E-state index contributed by atoms with van der Waals surface area (Å²) in [4.78, 5) is 18.9. The van der Waals surface area contributed by atoms with Gasteiger partial charge in [-0.1, -0.05) is 48.5 Å². The highest BCUT2D eigenvalue weighted by molar-refractivity contribution is 6.09. The van der Waals surface area contributed by atoms with E-state index in [0.717, 1.165) is 66.6 Å². The molecule has 0 spiro atoms. The number of fused-ring (bicyclic) bond motifs is 6. The number of rotatable bonds is 3. The van der Waals surface area contributed by atoms with Gasteiger partial charge in [-0.05, 0) is 48.5 Å². The minimum absolute atomic E-state index is 0.812. The summed E-state index contributed by atoms with van der Waals surface area (Å²) in [7, 11) is 0. The Balaban J connectivity index is 1.32. The van der Waals surface area contributed by atoms with Crippen LogP contribution in [0.15, 0.2) is 122 Å². The summed E-state index contributed by atoms with van der Waals surface area (Å²) < 4.78 is 4.39. The van der Waals surface area contributed by atoms with E-state index in [1.165, 1.54) is 0 Å². The summed E-state index contributed by atoms with van der Waals surface area (Å²) in [5.74, 6) is 1.69. The summed E-state index contributed by atoms with van der Waals surface area (Å²) in [6.07, 6.45) is 7.50. The van der Waals surface area contributed by atoms with Crippen molar-refractivity contribution in [3.8, 4) is 23.0 Å². The van der Waals surface area contributed by atoms with Crippen LogP contribution in [0, 0.1) is 0 Å². The Bertz CT molecular complexity index is 1890. The van der Waals surface area contributed by atoms with Gasteiger partial charge in [0.2, 0.25) is 0 Å². The van der Waals surface area contributed by atoms with Crippen molar-refractivity contribution in [2.75, 3.05) is 0 Å². The van der Waals surface area contributed by atoms with Crippen LogP contribution in [0.5, 0.6) is 0 Å². The minimum Gasteiger partial charge on any atom is -0.294 e. The van der Waals surface area contributed by atoms with Gasteiger partial charge in [-0.25, -0.2) is 9.97 Å². The van der Waals surface area contributed by atoms with Gasteiger partial charge in [0, 0.05) is 46.3 Å². The van der Waals surface area contributed by atoms with Crippen molar-refractivity contribution in [3.05, 3.63) is 122 Å². The SMILES string of the molecule is c1cc(-c2cccc(-n3c4ccccc4c4cnccc43)n2)nc(-n2c3ccccc3c3cnccc32)c1. The summed E-state index contributed by atoms with van der Waals surface area (Å²) >= 11 is 0. The third-order valence-corrected chi connectivity index (χ3v) is 7.14. The fourth-order valence-corrected chi connectivity index (χ4v) is 5.51. The highest BCUT2D eigenvalue weighted by Crippen LogP contribution is 2.33. The van der Waals surface area contributed by atoms with E-state index in [9.17, 15) is 0 Å². The van der Waals surface area contributed by atoms with Gasteiger partial charge >= 0.3 is 0 Å². The largest absolute Gasteiger partial charge is 0.294 e. The van der Waals surface area contributed by atoms with Crippen molar-refractivity contribution in [3.63, 3.8) is 0 Å². The molecule has 6 heteroatoms. The van der Waals surface area contributed by atoms with Crippen molar-refractivity contribution in [1.82, 2.24) is 29.1 Å². The molecule has 0 N–H and O–H groups in total. The van der Waals surface area contributed by atoms with E-state index in [1.54, 1.807) is 0 Å². The second-order valence-electron chi connectivity index (χ2n) is 9.25. The molecule has 8 aromatic rings. The van der Waals surface area contributed by atoms with Gasteiger partial charge in [-0.15, -0.1) is 0 Å². The fourth-order valence-electron chi connectivity index (χ4n) is 5.51. The third kappa shape index (κ3) is 3.01. The van der Waals surface area contributed by atoms with Gasteiger partial charge in [0.15, 0.2) is 0 Å². The molecular formula is C32H20N6. The number of hydrogen-bond donors (Lipinski definition) is 0. The molecule has 6 nitrogen and oxygen atoms in total. The van der Waals surface area contributed by atoms with Gasteiger partial charge in [-0.3, -0.25) is 19.1 Å². The third-order valence-electron chi connectivity index (χ3n) is 7.14. The molecule has 0 aliphatic rings. The minimum atomic E-state index is 0.812. The molecule has 0 saturated carbocycles. The lowest BCUT2D eigenvalue weighted by Gasteiger charge is -2.11. The number of aromatic nitrogens is 6. The molecule has 0 atom stereocenters. The number of hydrogen-bond acceptors (Lipinski definition) is 4. The van der Waals surface area contributed by atoms with Crippen LogP contribution in [0.3, 0.4) is 0 Å². The quantitative estimate of drug-likeness (QED) is 0.265. The Morgan fingerprint density at radius 3 is 1.34 bits per heavy atom. The van der Waals surface area contributed by atoms with Crippen molar-refractivity contribution in [2.24, 2.45) is 0 Å². The highest BCUT2D eigenvalue weighted by Gasteiger charge is 2.15. The first-order valence-electron chi connectivity index (χ1n) is 12.5. The zero-order valence-electron chi connectivity index (χ0n) is 20.2. The molecule has 6 heterocycles. The summed E-state index contributed by atoms with van der Waals surface area (Å²) in [5, 5.41) is 4.53. The van der Waals surface area contributed by atoms with Gasteiger partial charge in [-0.2, -0.15) is 0 Å². The lowest BCUT2D eigenvalue weighted by atomic mass is 10.2. The number of pyridine rings is 4. The molecule has 38 heavy (non-hydrogen) atoms. The van der Waals surface area contributed by atoms with Gasteiger partial charge in [0.25, 0.3) is 0 Å². The smallest absolute Gasteiger partial charge is 0.138 e.